The summed E-state index contributed by atoms with van der Waals surface area (Å²) in [5, 5.41) is 0.627. The number of rotatable bonds is 6. The Morgan fingerprint density at radius 3 is 2.00 bits per heavy atom. The van der Waals surface area contributed by atoms with E-state index in [-0.39, 0.29) is 22.5 Å². The standard InChI is InChI=1S/C21H26F3NO3S2/c1-13-18(19(2,3)4)29-17(25-13)11-16(26)20(5,6)12-30(27,28)15-9-7-14(8-10-15)21(22,23)24/h7-10H,11-12H2,1-6H3. The highest BCUT2D eigenvalue weighted by Crippen LogP contribution is 2.34. The fraction of sp³-hybridized carbons (Fsp3) is 0.524. The second-order valence-corrected chi connectivity index (χ2v) is 12.1. The molecule has 1 heterocycles. The van der Waals surface area contributed by atoms with Crippen molar-refractivity contribution < 1.29 is 26.4 Å². The zero-order valence-electron chi connectivity index (χ0n) is 17.8. The maximum absolute atomic E-state index is 12.9. The molecule has 0 saturated carbocycles. The topological polar surface area (TPSA) is 64.1 Å². The van der Waals surface area contributed by atoms with Gasteiger partial charge in [-0.1, -0.05) is 34.6 Å². The molecule has 2 aromatic rings. The van der Waals surface area contributed by atoms with E-state index in [1.807, 2.05) is 6.92 Å². The van der Waals surface area contributed by atoms with Crippen LogP contribution in [0.1, 0.15) is 55.8 Å². The molecule has 0 radical (unpaired) electrons. The second kappa shape index (κ2) is 8.07. The van der Waals surface area contributed by atoms with E-state index in [1.165, 1.54) is 25.2 Å². The van der Waals surface area contributed by atoms with Crippen molar-refractivity contribution in [2.45, 2.75) is 64.5 Å². The molecule has 0 aliphatic carbocycles. The summed E-state index contributed by atoms with van der Waals surface area (Å²) in [6.45, 7) is 11.1. The van der Waals surface area contributed by atoms with E-state index in [0.717, 1.165) is 34.8 Å². The molecule has 0 atom stereocenters. The van der Waals surface area contributed by atoms with Gasteiger partial charge in [0.1, 0.15) is 10.8 Å². The van der Waals surface area contributed by atoms with Crippen molar-refractivity contribution in [3.63, 3.8) is 0 Å². The molecule has 0 bridgehead atoms. The number of thiazole rings is 1. The van der Waals surface area contributed by atoms with E-state index in [9.17, 15) is 26.4 Å². The van der Waals surface area contributed by atoms with E-state index in [0.29, 0.717) is 5.01 Å². The normalized spacial score (nSPS) is 13.5. The van der Waals surface area contributed by atoms with Gasteiger partial charge in [-0.2, -0.15) is 13.2 Å². The quantitative estimate of drug-likeness (QED) is 0.579. The Balaban J connectivity index is 2.19. The molecular formula is C21H26F3NO3S2. The minimum Gasteiger partial charge on any atom is -0.299 e. The predicted octanol–water partition coefficient (Wildman–Crippen LogP) is 5.38. The molecule has 166 valence electrons. The molecule has 0 unspecified atom stereocenters. The first-order valence-corrected chi connectivity index (χ1v) is 11.8. The molecule has 1 aromatic carbocycles. The Morgan fingerprint density at radius 2 is 1.57 bits per heavy atom. The van der Waals surface area contributed by atoms with Crippen molar-refractivity contribution in [2.24, 2.45) is 5.41 Å². The smallest absolute Gasteiger partial charge is 0.299 e. The lowest BCUT2D eigenvalue weighted by Gasteiger charge is -2.22. The van der Waals surface area contributed by atoms with Crippen LogP contribution in [0.4, 0.5) is 13.2 Å². The minimum atomic E-state index is -4.55. The van der Waals surface area contributed by atoms with E-state index in [2.05, 4.69) is 25.8 Å². The number of hydrogen-bond acceptors (Lipinski definition) is 5. The third kappa shape index (κ3) is 5.69. The van der Waals surface area contributed by atoms with Gasteiger partial charge < -0.3 is 0 Å². The lowest BCUT2D eigenvalue weighted by molar-refractivity contribution is -0.137. The Hall–Kier alpha value is -1.74. The van der Waals surface area contributed by atoms with Gasteiger partial charge in [0.2, 0.25) is 0 Å². The van der Waals surface area contributed by atoms with Crippen LogP contribution in [-0.4, -0.2) is 24.9 Å². The van der Waals surface area contributed by atoms with E-state index in [4.69, 9.17) is 0 Å². The molecule has 0 saturated heterocycles. The van der Waals surface area contributed by atoms with Gasteiger partial charge >= 0.3 is 6.18 Å². The number of aryl methyl sites for hydroxylation is 1. The average Bonchev–Trinajstić information content (AvgIpc) is 2.94. The second-order valence-electron chi connectivity index (χ2n) is 9.04. The summed E-state index contributed by atoms with van der Waals surface area (Å²) in [6, 6.07) is 3.32. The van der Waals surface area contributed by atoms with Gasteiger partial charge in [0.25, 0.3) is 0 Å². The Kier molecular flexibility index (Phi) is 6.60. The minimum absolute atomic E-state index is 0.0110. The zero-order chi connectivity index (χ0) is 23.1. The summed E-state index contributed by atoms with van der Waals surface area (Å²) in [5.41, 5.74) is -1.40. The first-order chi connectivity index (χ1) is 13.4. The first-order valence-electron chi connectivity index (χ1n) is 9.33. The number of carbonyl (C=O) groups excluding carboxylic acids is 1. The predicted molar refractivity (Wildman–Crippen MR) is 112 cm³/mol. The van der Waals surface area contributed by atoms with Crippen LogP contribution in [0.15, 0.2) is 29.2 Å². The molecule has 9 heteroatoms. The maximum atomic E-state index is 12.9. The van der Waals surface area contributed by atoms with Gasteiger partial charge in [-0.25, -0.2) is 13.4 Å². The third-order valence-electron chi connectivity index (χ3n) is 4.68. The fourth-order valence-corrected chi connectivity index (χ4v) is 6.04. The van der Waals surface area contributed by atoms with Crippen LogP contribution in [0.2, 0.25) is 0 Å². The number of carbonyl (C=O) groups is 1. The average molecular weight is 462 g/mol. The first kappa shape index (κ1) is 24.5. The number of sulfone groups is 1. The molecule has 0 N–H and O–H groups in total. The van der Waals surface area contributed by atoms with Gasteiger partial charge in [0, 0.05) is 10.3 Å². The number of hydrogen-bond donors (Lipinski definition) is 0. The highest BCUT2D eigenvalue weighted by Gasteiger charge is 2.36. The number of alkyl halides is 3. The van der Waals surface area contributed by atoms with E-state index >= 15 is 0 Å². The molecule has 0 aliphatic heterocycles. The number of nitrogens with zero attached hydrogens (tertiary/aromatic N) is 1. The Morgan fingerprint density at radius 1 is 1.03 bits per heavy atom. The highest BCUT2D eigenvalue weighted by molar-refractivity contribution is 7.91. The summed E-state index contributed by atoms with van der Waals surface area (Å²) in [6.07, 6.45) is -4.54. The Labute approximate surface area is 179 Å². The molecule has 0 amide bonds. The number of ketones is 1. The largest absolute Gasteiger partial charge is 0.416 e. The highest BCUT2D eigenvalue weighted by atomic mass is 32.2. The molecule has 2 rings (SSSR count). The van der Waals surface area contributed by atoms with Crippen LogP contribution in [0.3, 0.4) is 0 Å². The van der Waals surface area contributed by atoms with E-state index < -0.39 is 32.7 Å². The number of Topliss-reactive ketones (excluding diaryl/α,β-unsaturated/α-hetero) is 1. The summed E-state index contributed by atoms with van der Waals surface area (Å²) >= 11 is 1.44. The van der Waals surface area contributed by atoms with Gasteiger partial charge in [-0.3, -0.25) is 4.79 Å². The molecule has 0 spiro atoms. The van der Waals surface area contributed by atoms with Crippen molar-refractivity contribution in [2.75, 3.05) is 5.75 Å². The van der Waals surface area contributed by atoms with Crippen molar-refractivity contribution in [3.8, 4) is 0 Å². The summed E-state index contributed by atoms with van der Waals surface area (Å²) in [7, 11) is -3.95. The van der Waals surface area contributed by atoms with Gasteiger partial charge in [-0.05, 0) is 36.6 Å². The fourth-order valence-electron chi connectivity index (χ4n) is 3.09. The SMILES string of the molecule is Cc1nc(CC(=O)C(C)(C)CS(=O)(=O)c2ccc(C(F)(F)F)cc2)sc1C(C)(C)C. The van der Waals surface area contributed by atoms with Crippen LogP contribution in [0, 0.1) is 12.3 Å². The summed E-state index contributed by atoms with van der Waals surface area (Å²) in [4.78, 5) is 18.1. The molecule has 0 aliphatic rings. The maximum Gasteiger partial charge on any atom is 0.416 e. The molecule has 4 nitrogen and oxygen atoms in total. The van der Waals surface area contributed by atoms with Crippen LogP contribution < -0.4 is 0 Å². The monoisotopic (exact) mass is 461 g/mol. The van der Waals surface area contributed by atoms with Crippen LogP contribution in [0.5, 0.6) is 0 Å². The summed E-state index contributed by atoms with van der Waals surface area (Å²) in [5.74, 6) is -0.784. The van der Waals surface area contributed by atoms with Crippen molar-refractivity contribution >= 4 is 27.0 Å². The lowest BCUT2D eigenvalue weighted by atomic mass is 9.89. The number of benzene rings is 1. The molecular weight excluding hydrogens is 435 g/mol. The number of halogens is 3. The van der Waals surface area contributed by atoms with Crippen molar-refractivity contribution in [3.05, 3.63) is 45.4 Å². The number of aromatic nitrogens is 1. The van der Waals surface area contributed by atoms with Crippen LogP contribution in [-0.2, 0) is 32.6 Å². The van der Waals surface area contributed by atoms with Crippen molar-refractivity contribution in [1.29, 1.82) is 0 Å². The van der Waals surface area contributed by atoms with Gasteiger partial charge in [-0.15, -0.1) is 11.3 Å². The summed E-state index contributed by atoms with van der Waals surface area (Å²) < 4.78 is 63.5. The van der Waals surface area contributed by atoms with Gasteiger partial charge in [0.15, 0.2) is 9.84 Å². The zero-order valence-corrected chi connectivity index (χ0v) is 19.5. The lowest BCUT2D eigenvalue weighted by Crippen LogP contribution is -2.33. The Bertz CT molecular complexity index is 1030. The molecule has 1 aromatic heterocycles. The van der Waals surface area contributed by atoms with Crippen molar-refractivity contribution in [1.82, 2.24) is 4.98 Å². The molecule has 30 heavy (non-hydrogen) atoms. The van der Waals surface area contributed by atoms with E-state index in [1.54, 1.807) is 0 Å². The molecule has 0 fully saturated rings. The van der Waals surface area contributed by atoms with Gasteiger partial charge in [0.05, 0.1) is 28.3 Å². The van der Waals surface area contributed by atoms with Crippen LogP contribution in [0.25, 0.3) is 0 Å². The third-order valence-corrected chi connectivity index (χ3v) is 8.36. The van der Waals surface area contributed by atoms with Crippen LogP contribution >= 0.6 is 11.3 Å².